The van der Waals surface area contributed by atoms with Crippen LogP contribution in [0.4, 0.5) is 0 Å². The van der Waals surface area contributed by atoms with Gasteiger partial charge in [-0.15, -0.1) is 0 Å². The summed E-state index contributed by atoms with van der Waals surface area (Å²) in [5, 5.41) is 3.09. The Morgan fingerprint density at radius 1 is 1.58 bits per heavy atom. The molecular weight excluding hydrogens is 158 g/mol. The molecule has 4 nitrogen and oxygen atoms in total. The summed E-state index contributed by atoms with van der Waals surface area (Å²) in [5.41, 5.74) is -0.560. The molecule has 0 radical (unpaired) electrons. The van der Waals surface area contributed by atoms with E-state index >= 15 is 0 Å². The fraction of sp³-hybridized carbons (Fsp3) is 0.875. The topological polar surface area (TPSA) is 47.6 Å². The van der Waals surface area contributed by atoms with E-state index in [4.69, 9.17) is 4.74 Å². The van der Waals surface area contributed by atoms with E-state index in [-0.39, 0.29) is 12.1 Å². The Balaban J connectivity index is 2.57. The third-order valence-electron chi connectivity index (χ3n) is 2.33. The zero-order valence-electron chi connectivity index (χ0n) is 7.72. The van der Waals surface area contributed by atoms with Gasteiger partial charge in [0.05, 0.1) is 13.2 Å². The summed E-state index contributed by atoms with van der Waals surface area (Å²) in [7, 11) is 3.05. The Morgan fingerprint density at radius 3 is 2.67 bits per heavy atom. The van der Waals surface area contributed by atoms with Gasteiger partial charge in [-0.2, -0.15) is 0 Å². The fourth-order valence-corrected chi connectivity index (χ4v) is 1.49. The molecule has 0 spiro atoms. The average molecular weight is 173 g/mol. The molecule has 0 bridgehead atoms. The van der Waals surface area contributed by atoms with Crippen molar-refractivity contribution in [2.75, 3.05) is 20.8 Å². The molecule has 1 N–H and O–H groups in total. The van der Waals surface area contributed by atoms with E-state index in [0.717, 1.165) is 0 Å². The van der Waals surface area contributed by atoms with Crippen LogP contribution in [0.1, 0.15) is 13.3 Å². The van der Waals surface area contributed by atoms with Crippen molar-refractivity contribution < 1.29 is 14.3 Å². The van der Waals surface area contributed by atoms with Gasteiger partial charge in [0.25, 0.3) is 0 Å². The van der Waals surface area contributed by atoms with Gasteiger partial charge in [-0.25, -0.2) is 0 Å². The highest BCUT2D eigenvalue weighted by molar-refractivity contribution is 5.80. The van der Waals surface area contributed by atoms with Crippen molar-refractivity contribution >= 4 is 5.97 Å². The second-order valence-electron chi connectivity index (χ2n) is 3.27. The van der Waals surface area contributed by atoms with E-state index in [2.05, 4.69) is 10.1 Å². The molecule has 0 aromatic heterocycles. The molecule has 0 saturated carbocycles. The highest BCUT2D eigenvalue weighted by atomic mass is 16.5. The van der Waals surface area contributed by atoms with Crippen molar-refractivity contribution in [3.8, 4) is 0 Å². The second kappa shape index (κ2) is 3.41. The number of methoxy groups -OCH3 is 2. The van der Waals surface area contributed by atoms with Crippen LogP contribution in [0.5, 0.6) is 0 Å². The van der Waals surface area contributed by atoms with Gasteiger partial charge in [-0.1, -0.05) is 0 Å². The molecule has 70 valence electrons. The van der Waals surface area contributed by atoms with E-state index in [0.29, 0.717) is 13.0 Å². The quantitative estimate of drug-likeness (QED) is 0.594. The summed E-state index contributed by atoms with van der Waals surface area (Å²) < 4.78 is 9.80. The number of hydrogen-bond acceptors (Lipinski definition) is 4. The molecule has 0 aromatic carbocycles. The molecule has 0 aromatic rings. The number of nitrogens with one attached hydrogen (secondary N) is 1. The number of ether oxygens (including phenoxy) is 2. The first-order valence-electron chi connectivity index (χ1n) is 3.98. The summed E-state index contributed by atoms with van der Waals surface area (Å²) >= 11 is 0. The smallest absolute Gasteiger partial charge is 0.325 e. The molecule has 1 aliphatic rings. The molecule has 2 unspecified atom stereocenters. The van der Waals surface area contributed by atoms with Crippen LogP contribution in [-0.2, 0) is 14.3 Å². The molecule has 0 aliphatic carbocycles. The van der Waals surface area contributed by atoms with E-state index in [1.54, 1.807) is 7.11 Å². The lowest BCUT2D eigenvalue weighted by Gasteiger charge is -2.20. The van der Waals surface area contributed by atoms with E-state index in [9.17, 15) is 4.79 Å². The van der Waals surface area contributed by atoms with E-state index in [1.807, 2.05) is 6.92 Å². The predicted octanol–water partition coefficient (Wildman–Crippen LogP) is -0.0736. The summed E-state index contributed by atoms with van der Waals surface area (Å²) in [5.74, 6) is -0.220. The summed E-state index contributed by atoms with van der Waals surface area (Å²) in [6, 6.07) is 0. The molecule has 1 fully saturated rings. The van der Waals surface area contributed by atoms with Gasteiger partial charge in [0, 0.05) is 20.1 Å². The highest BCUT2D eigenvalue weighted by Gasteiger charge is 2.41. The van der Waals surface area contributed by atoms with Gasteiger partial charge in [0.2, 0.25) is 0 Å². The standard InChI is InChI=1S/C8H15NO3/c1-8(7(10)12-3)4-6(11-2)5-9-8/h6,9H,4-5H2,1-3H3. The van der Waals surface area contributed by atoms with Gasteiger partial charge in [0.1, 0.15) is 5.54 Å². The fourth-order valence-electron chi connectivity index (χ4n) is 1.49. The van der Waals surface area contributed by atoms with Crippen molar-refractivity contribution in [2.45, 2.75) is 25.0 Å². The van der Waals surface area contributed by atoms with E-state index < -0.39 is 5.54 Å². The Kier molecular flexibility index (Phi) is 2.69. The van der Waals surface area contributed by atoms with Crippen LogP contribution in [0.3, 0.4) is 0 Å². The Morgan fingerprint density at radius 2 is 2.25 bits per heavy atom. The third-order valence-corrected chi connectivity index (χ3v) is 2.33. The largest absolute Gasteiger partial charge is 0.468 e. The third kappa shape index (κ3) is 1.59. The maximum atomic E-state index is 11.3. The van der Waals surface area contributed by atoms with Crippen LogP contribution in [-0.4, -0.2) is 38.4 Å². The number of hydrogen-bond donors (Lipinski definition) is 1. The minimum atomic E-state index is -0.560. The molecule has 1 heterocycles. The van der Waals surface area contributed by atoms with Gasteiger partial charge < -0.3 is 9.47 Å². The maximum absolute atomic E-state index is 11.3. The van der Waals surface area contributed by atoms with Gasteiger partial charge in [-0.05, 0) is 6.92 Å². The number of carbonyl (C=O) groups is 1. The average Bonchev–Trinajstić information content (AvgIpc) is 2.47. The summed E-state index contributed by atoms with van der Waals surface area (Å²) in [6.45, 7) is 2.54. The Bertz CT molecular complexity index is 183. The maximum Gasteiger partial charge on any atom is 0.325 e. The molecule has 4 heteroatoms. The lowest BCUT2D eigenvalue weighted by atomic mass is 10.00. The second-order valence-corrected chi connectivity index (χ2v) is 3.27. The van der Waals surface area contributed by atoms with Crippen molar-refractivity contribution in [3.05, 3.63) is 0 Å². The van der Waals surface area contributed by atoms with Gasteiger partial charge in [-0.3, -0.25) is 10.1 Å². The molecule has 1 saturated heterocycles. The van der Waals surface area contributed by atoms with Crippen LogP contribution >= 0.6 is 0 Å². The predicted molar refractivity (Wildman–Crippen MR) is 43.8 cm³/mol. The van der Waals surface area contributed by atoms with Crippen LogP contribution in [0.15, 0.2) is 0 Å². The summed E-state index contributed by atoms with van der Waals surface area (Å²) in [4.78, 5) is 11.3. The lowest BCUT2D eigenvalue weighted by Crippen LogP contribution is -2.45. The SMILES string of the molecule is COC(=O)C1(C)CC(OC)CN1. The molecule has 12 heavy (non-hydrogen) atoms. The summed E-state index contributed by atoms with van der Waals surface area (Å²) in [6.07, 6.45) is 0.796. The normalized spacial score (nSPS) is 35.1. The lowest BCUT2D eigenvalue weighted by molar-refractivity contribution is -0.147. The zero-order chi connectivity index (χ0) is 9.19. The van der Waals surface area contributed by atoms with Crippen LogP contribution < -0.4 is 5.32 Å². The number of carbonyl (C=O) groups excluding carboxylic acids is 1. The van der Waals surface area contributed by atoms with Crippen molar-refractivity contribution in [1.82, 2.24) is 5.32 Å². The molecule has 2 atom stereocenters. The van der Waals surface area contributed by atoms with Crippen LogP contribution in [0.25, 0.3) is 0 Å². The Labute approximate surface area is 72.2 Å². The van der Waals surface area contributed by atoms with Crippen LogP contribution in [0.2, 0.25) is 0 Å². The zero-order valence-corrected chi connectivity index (χ0v) is 7.72. The molecule has 1 rings (SSSR count). The highest BCUT2D eigenvalue weighted by Crippen LogP contribution is 2.21. The monoisotopic (exact) mass is 173 g/mol. The number of esters is 1. The molecular formula is C8H15NO3. The van der Waals surface area contributed by atoms with Crippen molar-refractivity contribution in [1.29, 1.82) is 0 Å². The van der Waals surface area contributed by atoms with Crippen molar-refractivity contribution in [3.63, 3.8) is 0 Å². The van der Waals surface area contributed by atoms with Gasteiger partial charge in [0.15, 0.2) is 0 Å². The Hall–Kier alpha value is -0.610. The first-order valence-corrected chi connectivity index (χ1v) is 3.98. The molecule has 1 aliphatic heterocycles. The number of rotatable bonds is 2. The first-order chi connectivity index (χ1) is 5.62. The minimum Gasteiger partial charge on any atom is -0.468 e. The minimum absolute atomic E-state index is 0.120. The molecule has 0 amide bonds. The van der Waals surface area contributed by atoms with E-state index in [1.165, 1.54) is 7.11 Å². The van der Waals surface area contributed by atoms with Gasteiger partial charge >= 0.3 is 5.97 Å². The van der Waals surface area contributed by atoms with Crippen LogP contribution in [0, 0.1) is 0 Å². The van der Waals surface area contributed by atoms with Crippen molar-refractivity contribution in [2.24, 2.45) is 0 Å². The first kappa shape index (κ1) is 9.48.